The quantitative estimate of drug-likeness (QED) is 0.636. The van der Waals surface area contributed by atoms with E-state index in [1.807, 2.05) is 0 Å². The Hall–Kier alpha value is -1.79. The largest absolute Gasteiger partial charge is 0.481 e. The highest BCUT2D eigenvalue weighted by Gasteiger charge is 2.35. The van der Waals surface area contributed by atoms with E-state index in [0.717, 1.165) is 0 Å². The molecular formula is C11H19N3O4. The number of primary amides is 1. The van der Waals surface area contributed by atoms with Crippen molar-refractivity contribution < 1.29 is 19.5 Å². The van der Waals surface area contributed by atoms with Gasteiger partial charge in [-0.25, -0.2) is 4.79 Å². The van der Waals surface area contributed by atoms with Crippen LogP contribution in [0.4, 0.5) is 4.79 Å². The molecule has 1 aliphatic heterocycles. The molecule has 1 fully saturated rings. The third-order valence-electron chi connectivity index (χ3n) is 3.08. The molecule has 2 atom stereocenters. The molecule has 1 heterocycles. The first-order valence-corrected chi connectivity index (χ1v) is 5.90. The molecule has 18 heavy (non-hydrogen) atoms. The van der Waals surface area contributed by atoms with Gasteiger partial charge >= 0.3 is 12.0 Å². The van der Waals surface area contributed by atoms with Crippen LogP contribution in [0, 0.1) is 11.8 Å². The molecule has 0 aromatic carbocycles. The molecule has 0 aliphatic carbocycles. The number of urea groups is 1. The number of carboxylic acids is 1. The molecular weight excluding hydrogens is 238 g/mol. The van der Waals surface area contributed by atoms with Gasteiger partial charge in [0.1, 0.15) is 6.04 Å². The van der Waals surface area contributed by atoms with Gasteiger partial charge in [0.05, 0.1) is 5.92 Å². The fourth-order valence-corrected chi connectivity index (χ4v) is 2.03. The Morgan fingerprint density at radius 3 is 2.39 bits per heavy atom. The van der Waals surface area contributed by atoms with Crippen molar-refractivity contribution in [1.29, 1.82) is 0 Å². The van der Waals surface area contributed by atoms with Crippen molar-refractivity contribution >= 4 is 17.9 Å². The van der Waals surface area contributed by atoms with Gasteiger partial charge in [-0.2, -0.15) is 0 Å². The first-order valence-electron chi connectivity index (χ1n) is 5.90. The third kappa shape index (κ3) is 3.35. The number of nitrogens with one attached hydrogen (secondary N) is 1. The third-order valence-corrected chi connectivity index (χ3v) is 3.08. The maximum atomic E-state index is 12.2. The second-order valence-corrected chi connectivity index (χ2v) is 4.84. The van der Waals surface area contributed by atoms with E-state index in [0.29, 0.717) is 13.0 Å². The van der Waals surface area contributed by atoms with Crippen LogP contribution in [-0.4, -0.2) is 47.0 Å². The van der Waals surface area contributed by atoms with E-state index >= 15 is 0 Å². The van der Waals surface area contributed by atoms with Gasteiger partial charge in [-0.1, -0.05) is 13.8 Å². The molecule has 0 bridgehead atoms. The number of nitrogens with two attached hydrogens (primary N) is 1. The SMILES string of the molecule is CC(C)C(NC(N)=O)C(=O)N1CCC(C(=O)O)C1. The molecule has 0 spiro atoms. The first kappa shape index (κ1) is 14.3. The Morgan fingerprint density at radius 1 is 1.39 bits per heavy atom. The molecule has 4 N–H and O–H groups in total. The summed E-state index contributed by atoms with van der Waals surface area (Å²) in [4.78, 5) is 35.3. The van der Waals surface area contributed by atoms with E-state index in [9.17, 15) is 14.4 Å². The summed E-state index contributed by atoms with van der Waals surface area (Å²) < 4.78 is 0. The number of carbonyl (C=O) groups excluding carboxylic acids is 2. The van der Waals surface area contributed by atoms with Crippen molar-refractivity contribution in [2.24, 2.45) is 17.6 Å². The van der Waals surface area contributed by atoms with Gasteiger partial charge in [-0.15, -0.1) is 0 Å². The van der Waals surface area contributed by atoms with Gasteiger partial charge in [0.2, 0.25) is 5.91 Å². The van der Waals surface area contributed by atoms with Crippen LogP contribution in [0.2, 0.25) is 0 Å². The summed E-state index contributed by atoms with van der Waals surface area (Å²) >= 11 is 0. The summed E-state index contributed by atoms with van der Waals surface area (Å²) in [5.41, 5.74) is 5.03. The molecule has 1 rings (SSSR count). The fourth-order valence-electron chi connectivity index (χ4n) is 2.03. The van der Waals surface area contributed by atoms with Crippen LogP contribution >= 0.6 is 0 Å². The van der Waals surface area contributed by atoms with Crippen molar-refractivity contribution in [3.8, 4) is 0 Å². The van der Waals surface area contributed by atoms with E-state index < -0.39 is 24.0 Å². The molecule has 7 nitrogen and oxygen atoms in total. The van der Waals surface area contributed by atoms with Crippen molar-refractivity contribution in [3.05, 3.63) is 0 Å². The molecule has 2 unspecified atom stereocenters. The van der Waals surface area contributed by atoms with E-state index in [1.165, 1.54) is 4.90 Å². The zero-order valence-electron chi connectivity index (χ0n) is 10.5. The van der Waals surface area contributed by atoms with E-state index in [-0.39, 0.29) is 18.4 Å². The van der Waals surface area contributed by atoms with Crippen LogP contribution in [0.3, 0.4) is 0 Å². The number of rotatable bonds is 4. The lowest BCUT2D eigenvalue weighted by molar-refractivity contribution is -0.141. The van der Waals surface area contributed by atoms with Gasteiger partial charge in [-0.3, -0.25) is 9.59 Å². The zero-order valence-corrected chi connectivity index (χ0v) is 10.5. The Kier molecular flexibility index (Phi) is 4.52. The maximum Gasteiger partial charge on any atom is 0.312 e. The van der Waals surface area contributed by atoms with Crippen LogP contribution in [0.15, 0.2) is 0 Å². The molecule has 7 heteroatoms. The molecule has 0 saturated carbocycles. The van der Waals surface area contributed by atoms with E-state index in [1.54, 1.807) is 13.8 Å². The normalized spacial score (nSPS) is 20.8. The second-order valence-electron chi connectivity index (χ2n) is 4.84. The number of aliphatic carboxylic acids is 1. The lowest BCUT2D eigenvalue weighted by Gasteiger charge is -2.26. The number of carbonyl (C=O) groups is 3. The minimum Gasteiger partial charge on any atom is -0.481 e. The number of nitrogens with zero attached hydrogens (tertiary/aromatic N) is 1. The Labute approximate surface area is 105 Å². The minimum atomic E-state index is -0.894. The summed E-state index contributed by atoms with van der Waals surface area (Å²) in [5.74, 6) is -1.79. The van der Waals surface area contributed by atoms with Gasteiger partial charge in [0.15, 0.2) is 0 Å². The molecule has 102 valence electrons. The van der Waals surface area contributed by atoms with Crippen LogP contribution in [0.25, 0.3) is 0 Å². The lowest BCUT2D eigenvalue weighted by Crippen LogP contribution is -2.52. The van der Waals surface area contributed by atoms with Crippen molar-refractivity contribution in [3.63, 3.8) is 0 Å². The highest BCUT2D eigenvalue weighted by atomic mass is 16.4. The highest BCUT2D eigenvalue weighted by molar-refractivity contribution is 5.87. The van der Waals surface area contributed by atoms with E-state index in [4.69, 9.17) is 10.8 Å². The lowest BCUT2D eigenvalue weighted by atomic mass is 10.0. The Morgan fingerprint density at radius 2 is 2.00 bits per heavy atom. The smallest absolute Gasteiger partial charge is 0.312 e. The number of hydrogen-bond acceptors (Lipinski definition) is 3. The van der Waals surface area contributed by atoms with Crippen LogP contribution in [0.5, 0.6) is 0 Å². The highest BCUT2D eigenvalue weighted by Crippen LogP contribution is 2.18. The van der Waals surface area contributed by atoms with Crippen molar-refractivity contribution in [2.75, 3.05) is 13.1 Å². The molecule has 0 aromatic rings. The van der Waals surface area contributed by atoms with Crippen LogP contribution in [0.1, 0.15) is 20.3 Å². The number of carboxylic acid groups (broad SMARTS) is 1. The molecule has 1 saturated heterocycles. The molecule has 0 aromatic heterocycles. The Balaban J connectivity index is 2.67. The van der Waals surface area contributed by atoms with Gasteiger partial charge < -0.3 is 21.1 Å². The average molecular weight is 257 g/mol. The topological polar surface area (TPSA) is 113 Å². The number of likely N-dealkylation sites (tertiary alicyclic amines) is 1. The summed E-state index contributed by atoms with van der Waals surface area (Å²) in [6.07, 6.45) is 0.447. The minimum absolute atomic E-state index is 0.103. The standard InChI is InChI=1S/C11H19N3O4/c1-6(2)8(13-11(12)18)9(15)14-4-3-7(5-14)10(16)17/h6-8H,3-5H2,1-2H3,(H,16,17)(H3,12,13,18). The van der Waals surface area contributed by atoms with Gasteiger partial charge in [0, 0.05) is 13.1 Å². The van der Waals surface area contributed by atoms with Crippen molar-refractivity contribution in [2.45, 2.75) is 26.3 Å². The predicted octanol–water partition coefficient (Wildman–Crippen LogP) is -0.388. The van der Waals surface area contributed by atoms with Gasteiger partial charge in [-0.05, 0) is 12.3 Å². The fraction of sp³-hybridized carbons (Fsp3) is 0.727. The number of amides is 3. The first-order chi connectivity index (χ1) is 8.32. The number of hydrogen-bond donors (Lipinski definition) is 3. The molecule has 1 aliphatic rings. The second kappa shape index (κ2) is 5.70. The summed E-state index contributed by atoms with van der Waals surface area (Å²) in [7, 11) is 0. The monoisotopic (exact) mass is 257 g/mol. The van der Waals surface area contributed by atoms with Crippen molar-refractivity contribution in [1.82, 2.24) is 10.2 Å². The maximum absolute atomic E-state index is 12.2. The molecule has 0 radical (unpaired) electrons. The summed E-state index contributed by atoms with van der Waals surface area (Å²) in [6, 6.07) is -1.45. The van der Waals surface area contributed by atoms with E-state index in [2.05, 4.69) is 5.32 Å². The van der Waals surface area contributed by atoms with Gasteiger partial charge in [0.25, 0.3) is 0 Å². The summed E-state index contributed by atoms with van der Waals surface area (Å²) in [5, 5.41) is 11.3. The summed E-state index contributed by atoms with van der Waals surface area (Å²) in [6.45, 7) is 4.18. The average Bonchev–Trinajstić information content (AvgIpc) is 2.73. The van der Waals surface area contributed by atoms with Crippen LogP contribution < -0.4 is 11.1 Å². The zero-order chi connectivity index (χ0) is 13.9. The Bertz CT molecular complexity index is 356. The van der Waals surface area contributed by atoms with Crippen LogP contribution in [-0.2, 0) is 9.59 Å². The predicted molar refractivity (Wildman–Crippen MR) is 63.7 cm³/mol. The molecule has 3 amide bonds.